The molecule has 0 spiro atoms. The third-order valence-corrected chi connectivity index (χ3v) is 6.30. The van der Waals surface area contributed by atoms with Crippen molar-refractivity contribution in [2.75, 3.05) is 23.4 Å². The van der Waals surface area contributed by atoms with Crippen molar-refractivity contribution in [3.05, 3.63) is 55.4 Å². The van der Waals surface area contributed by atoms with Crippen molar-refractivity contribution in [2.24, 2.45) is 5.92 Å². The van der Waals surface area contributed by atoms with Crippen molar-refractivity contribution in [3.8, 4) is 0 Å². The molecule has 2 aromatic carbocycles. The molecule has 1 heterocycles. The number of rotatable bonds is 5. The van der Waals surface area contributed by atoms with Gasteiger partial charge in [-0.25, -0.2) is 0 Å². The number of ether oxygens (including phenoxy) is 1. The molecule has 0 aliphatic carbocycles. The number of anilines is 2. The summed E-state index contributed by atoms with van der Waals surface area (Å²) >= 11 is 21.5. The highest BCUT2D eigenvalue weighted by molar-refractivity contribution is 9.10. The van der Waals surface area contributed by atoms with Crippen LogP contribution in [0.3, 0.4) is 0 Å². The molecule has 1 aliphatic heterocycles. The van der Waals surface area contributed by atoms with Crippen LogP contribution in [0.2, 0.25) is 15.1 Å². The van der Waals surface area contributed by atoms with Crippen molar-refractivity contribution >= 4 is 79.9 Å². The second-order valence-corrected chi connectivity index (χ2v) is 8.84. The molecule has 1 saturated heterocycles. The van der Waals surface area contributed by atoms with E-state index in [-0.39, 0.29) is 18.9 Å². The van der Waals surface area contributed by atoms with Gasteiger partial charge in [-0.1, -0.05) is 34.8 Å². The second-order valence-electron chi connectivity index (χ2n) is 6.74. The average Bonchev–Trinajstić information content (AvgIpc) is 3.07. The quantitative estimate of drug-likeness (QED) is 0.532. The number of carbonyl (C=O) groups is 3. The molecule has 3 rings (SSSR count). The Labute approximate surface area is 196 Å². The van der Waals surface area contributed by atoms with E-state index in [1.165, 1.54) is 4.90 Å². The summed E-state index contributed by atoms with van der Waals surface area (Å²) in [5, 5.41) is 3.87. The third-order valence-electron chi connectivity index (χ3n) is 4.54. The van der Waals surface area contributed by atoms with E-state index < -0.39 is 24.4 Å². The van der Waals surface area contributed by atoms with Gasteiger partial charge in [-0.2, -0.15) is 0 Å². The van der Waals surface area contributed by atoms with Crippen LogP contribution in [-0.4, -0.2) is 30.9 Å². The SMILES string of the molecule is Cc1cc(Br)c(Cl)cc1NC(=O)COC(=O)[C@H]1CC(=O)N(c2cc(Cl)ccc2Cl)C1. The van der Waals surface area contributed by atoms with Gasteiger partial charge < -0.3 is 15.0 Å². The van der Waals surface area contributed by atoms with Gasteiger partial charge in [0.1, 0.15) is 0 Å². The topological polar surface area (TPSA) is 75.7 Å². The zero-order valence-electron chi connectivity index (χ0n) is 15.7. The minimum Gasteiger partial charge on any atom is -0.455 e. The van der Waals surface area contributed by atoms with Crippen molar-refractivity contribution in [1.82, 2.24) is 0 Å². The summed E-state index contributed by atoms with van der Waals surface area (Å²) in [6, 6.07) is 8.12. The average molecular weight is 535 g/mol. The zero-order valence-corrected chi connectivity index (χ0v) is 19.5. The van der Waals surface area contributed by atoms with Gasteiger partial charge in [-0.05, 0) is 58.7 Å². The number of amides is 2. The van der Waals surface area contributed by atoms with Crippen LogP contribution in [0.15, 0.2) is 34.8 Å². The number of nitrogens with zero attached hydrogens (tertiary/aromatic N) is 1. The lowest BCUT2D eigenvalue weighted by Gasteiger charge is -2.18. The number of hydrogen-bond acceptors (Lipinski definition) is 4. The molecular formula is C20H16BrCl3N2O4. The first kappa shape index (κ1) is 22.9. The fourth-order valence-electron chi connectivity index (χ4n) is 3.01. The Morgan fingerprint density at radius 1 is 1.20 bits per heavy atom. The van der Waals surface area contributed by atoms with Crippen LogP contribution < -0.4 is 10.2 Å². The maximum Gasteiger partial charge on any atom is 0.311 e. The molecule has 1 atom stereocenters. The number of hydrogen-bond donors (Lipinski definition) is 1. The predicted octanol–water partition coefficient (Wildman–Crippen LogP) is 5.25. The molecule has 10 heteroatoms. The molecule has 6 nitrogen and oxygen atoms in total. The smallest absolute Gasteiger partial charge is 0.311 e. The third kappa shape index (κ3) is 5.27. The minimum absolute atomic E-state index is 0.0370. The monoisotopic (exact) mass is 532 g/mol. The van der Waals surface area contributed by atoms with E-state index in [4.69, 9.17) is 39.5 Å². The van der Waals surface area contributed by atoms with Crippen LogP contribution >= 0.6 is 50.7 Å². The standard InChI is InChI=1S/C20H16BrCl3N2O4/c1-10-4-13(21)15(24)7-16(10)25-18(27)9-30-20(29)11-5-19(28)26(8-11)17-6-12(22)2-3-14(17)23/h2-4,6-7,11H,5,8-9H2,1H3,(H,25,27)/t11-/m0/s1. The number of halogens is 4. The lowest BCUT2D eigenvalue weighted by atomic mass is 10.1. The first-order valence-electron chi connectivity index (χ1n) is 8.83. The van der Waals surface area contributed by atoms with Crippen LogP contribution in [0.5, 0.6) is 0 Å². The molecule has 1 aliphatic rings. The maximum atomic E-state index is 12.4. The highest BCUT2D eigenvalue weighted by atomic mass is 79.9. The van der Waals surface area contributed by atoms with E-state index in [0.717, 1.165) is 5.56 Å². The summed E-state index contributed by atoms with van der Waals surface area (Å²) in [5.41, 5.74) is 1.74. The Morgan fingerprint density at radius 2 is 1.93 bits per heavy atom. The van der Waals surface area contributed by atoms with Crippen molar-refractivity contribution in [3.63, 3.8) is 0 Å². The van der Waals surface area contributed by atoms with Gasteiger partial charge >= 0.3 is 5.97 Å². The van der Waals surface area contributed by atoms with Crippen LogP contribution in [0.1, 0.15) is 12.0 Å². The van der Waals surface area contributed by atoms with Gasteiger partial charge in [0, 0.05) is 28.1 Å². The van der Waals surface area contributed by atoms with E-state index in [1.807, 2.05) is 6.92 Å². The summed E-state index contributed by atoms with van der Waals surface area (Å²) in [4.78, 5) is 38.3. The summed E-state index contributed by atoms with van der Waals surface area (Å²) in [6.45, 7) is 1.43. The fourth-order valence-corrected chi connectivity index (χ4v) is 4.02. The van der Waals surface area contributed by atoms with Crippen molar-refractivity contribution in [2.45, 2.75) is 13.3 Å². The molecule has 0 saturated carbocycles. The molecular weight excluding hydrogens is 518 g/mol. The molecule has 0 radical (unpaired) electrons. The highest BCUT2D eigenvalue weighted by Gasteiger charge is 2.37. The van der Waals surface area contributed by atoms with Gasteiger partial charge in [0.15, 0.2) is 6.61 Å². The fraction of sp³-hybridized carbons (Fsp3) is 0.250. The number of esters is 1. The normalized spacial score (nSPS) is 16.0. The minimum atomic E-state index is -0.704. The van der Waals surface area contributed by atoms with E-state index in [0.29, 0.717) is 30.9 Å². The molecule has 2 aromatic rings. The summed E-state index contributed by atoms with van der Waals surface area (Å²) < 4.78 is 5.82. The molecule has 158 valence electrons. The Morgan fingerprint density at radius 3 is 2.67 bits per heavy atom. The highest BCUT2D eigenvalue weighted by Crippen LogP contribution is 2.34. The van der Waals surface area contributed by atoms with Crippen LogP contribution in [0.25, 0.3) is 0 Å². The Kier molecular flexibility index (Phi) is 7.29. The van der Waals surface area contributed by atoms with Crippen LogP contribution in [0.4, 0.5) is 11.4 Å². The molecule has 0 aromatic heterocycles. The summed E-state index contributed by atoms with van der Waals surface area (Å²) in [6.07, 6.45) is -0.0370. The number of nitrogens with one attached hydrogen (secondary N) is 1. The molecule has 0 bridgehead atoms. The van der Waals surface area contributed by atoms with Crippen molar-refractivity contribution in [1.29, 1.82) is 0 Å². The molecule has 0 unspecified atom stereocenters. The van der Waals surface area contributed by atoms with E-state index >= 15 is 0 Å². The molecule has 2 amide bonds. The predicted molar refractivity (Wildman–Crippen MR) is 120 cm³/mol. The van der Waals surface area contributed by atoms with Crippen LogP contribution in [-0.2, 0) is 19.1 Å². The van der Waals surface area contributed by atoms with Crippen molar-refractivity contribution < 1.29 is 19.1 Å². The first-order valence-corrected chi connectivity index (χ1v) is 10.8. The van der Waals surface area contributed by atoms with Gasteiger partial charge in [0.2, 0.25) is 5.91 Å². The number of benzene rings is 2. The van der Waals surface area contributed by atoms with E-state index in [1.54, 1.807) is 30.3 Å². The Hall–Kier alpha value is -1.80. The van der Waals surface area contributed by atoms with Gasteiger partial charge in [0.25, 0.3) is 5.91 Å². The van der Waals surface area contributed by atoms with Gasteiger partial charge in [0.05, 0.1) is 21.7 Å². The molecule has 30 heavy (non-hydrogen) atoms. The van der Waals surface area contributed by atoms with E-state index in [9.17, 15) is 14.4 Å². The Balaban J connectivity index is 1.58. The van der Waals surface area contributed by atoms with E-state index in [2.05, 4.69) is 21.2 Å². The second kappa shape index (κ2) is 9.56. The molecule has 1 fully saturated rings. The molecule has 1 N–H and O–H groups in total. The Bertz CT molecular complexity index is 1030. The summed E-state index contributed by atoms with van der Waals surface area (Å²) in [7, 11) is 0. The lowest BCUT2D eigenvalue weighted by molar-refractivity contribution is -0.151. The number of carbonyl (C=O) groups excluding carboxylic acids is 3. The lowest BCUT2D eigenvalue weighted by Crippen LogP contribution is -2.28. The van der Waals surface area contributed by atoms with Crippen LogP contribution in [0, 0.1) is 12.8 Å². The first-order chi connectivity index (χ1) is 14.2. The maximum absolute atomic E-state index is 12.4. The largest absolute Gasteiger partial charge is 0.455 e. The van der Waals surface area contributed by atoms with Gasteiger partial charge in [-0.15, -0.1) is 0 Å². The number of aryl methyl sites for hydroxylation is 1. The zero-order chi connectivity index (χ0) is 22.0. The van der Waals surface area contributed by atoms with Gasteiger partial charge in [-0.3, -0.25) is 14.4 Å². The summed E-state index contributed by atoms with van der Waals surface area (Å²) in [5.74, 6) is -2.12.